The van der Waals surface area contributed by atoms with Crippen molar-refractivity contribution in [2.75, 3.05) is 0 Å². The highest BCUT2D eigenvalue weighted by atomic mass is 14.0. The Morgan fingerprint density at radius 1 is 0.727 bits per heavy atom. The van der Waals surface area contributed by atoms with Gasteiger partial charge in [0.1, 0.15) is 0 Å². The number of rotatable bonds is 14. The second kappa shape index (κ2) is 13.6. The van der Waals surface area contributed by atoms with Crippen LogP contribution < -0.4 is 0 Å². The first-order chi connectivity index (χ1) is 10.9. The van der Waals surface area contributed by atoms with Gasteiger partial charge < -0.3 is 0 Å². The van der Waals surface area contributed by atoms with Crippen molar-refractivity contribution >= 4 is 6.08 Å². The van der Waals surface area contributed by atoms with E-state index < -0.39 is 0 Å². The molecule has 0 aromatic heterocycles. The molecule has 0 heteroatoms. The lowest BCUT2D eigenvalue weighted by atomic mass is 10.00. The first-order valence-electron chi connectivity index (χ1n) is 9.58. The molecule has 0 unspecified atom stereocenters. The third kappa shape index (κ3) is 9.07. The van der Waals surface area contributed by atoms with Crippen LogP contribution in [0.3, 0.4) is 0 Å². The molecule has 0 atom stereocenters. The summed E-state index contributed by atoms with van der Waals surface area (Å²) in [7, 11) is 0. The molecule has 0 fully saturated rings. The fourth-order valence-corrected chi connectivity index (χ4v) is 3.12. The van der Waals surface area contributed by atoms with Gasteiger partial charge in [-0.15, -0.1) is 0 Å². The molecule has 1 aromatic rings. The Morgan fingerprint density at radius 3 is 1.77 bits per heavy atom. The number of unbranched alkanes of at least 4 members (excludes halogenated alkanes) is 11. The molecule has 0 spiro atoms. The smallest absolute Gasteiger partial charge is 0.0230 e. The number of aryl methyl sites for hydroxylation is 1. The third-order valence-electron chi connectivity index (χ3n) is 4.57. The lowest BCUT2D eigenvalue weighted by Gasteiger charge is -2.06. The van der Waals surface area contributed by atoms with Gasteiger partial charge in [0, 0.05) is 0 Å². The van der Waals surface area contributed by atoms with Gasteiger partial charge in [-0.2, -0.15) is 0 Å². The summed E-state index contributed by atoms with van der Waals surface area (Å²) >= 11 is 0. The predicted octanol–water partition coefficient (Wildman–Crippen LogP) is 7.57. The zero-order chi connectivity index (χ0) is 15.9. The maximum Gasteiger partial charge on any atom is -0.0230 e. The number of hydrogen-bond donors (Lipinski definition) is 0. The zero-order valence-electron chi connectivity index (χ0n) is 14.8. The van der Waals surface area contributed by atoms with E-state index in [-0.39, 0.29) is 0 Å². The second-order valence-electron chi connectivity index (χ2n) is 6.54. The van der Waals surface area contributed by atoms with Crippen molar-refractivity contribution < 1.29 is 0 Å². The van der Waals surface area contributed by atoms with Crippen molar-refractivity contribution in [3.05, 3.63) is 42.0 Å². The van der Waals surface area contributed by atoms with Crippen LogP contribution in [0.2, 0.25) is 0 Å². The average molecular weight is 301 g/mol. The summed E-state index contributed by atoms with van der Waals surface area (Å²) in [6.07, 6.45) is 20.2. The van der Waals surface area contributed by atoms with Crippen molar-refractivity contribution in [3.63, 3.8) is 0 Å². The topological polar surface area (TPSA) is 0 Å². The first-order valence-corrected chi connectivity index (χ1v) is 9.58. The lowest BCUT2D eigenvalue weighted by molar-refractivity contribution is 0.544. The molecule has 0 amide bonds. The van der Waals surface area contributed by atoms with E-state index in [2.05, 4.69) is 37.8 Å². The van der Waals surface area contributed by atoms with Crippen LogP contribution in [0, 0.1) is 0 Å². The zero-order valence-corrected chi connectivity index (χ0v) is 14.8. The Bertz CT molecular complexity index is 377. The molecule has 0 N–H and O–H groups in total. The summed E-state index contributed by atoms with van der Waals surface area (Å²) in [6.45, 7) is 6.19. The molecule has 0 radical (unpaired) electrons. The number of hydrogen-bond acceptors (Lipinski definition) is 0. The van der Waals surface area contributed by atoms with Crippen LogP contribution >= 0.6 is 0 Å². The van der Waals surface area contributed by atoms with E-state index in [0.717, 1.165) is 0 Å². The molecule has 1 aromatic carbocycles. The minimum atomic E-state index is 1.21. The molecule has 0 aliphatic carbocycles. The average Bonchev–Trinajstić information content (AvgIpc) is 2.56. The van der Waals surface area contributed by atoms with Crippen molar-refractivity contribution in [2.24, 2.45) is 0 Å². The van der Waals surface area contributed by atoms with Crippen molar-refractivity contribution in [1.82, 2.24) is 0 Å². The molecular formula is C22H36. The van der Waals surface area contributed by atoms with E-state index in [9.17, 15) is 0 Å². The lowest BCUT2D eigenvalue weighted by Crippen LogP contribution is -1.90. The predicted molar refractivity (Wildman–Crippen MR) is 101 cm³/mol. The molecule has 0 saturated carbocycles. The molecular weight excluding hydrogens is 264 g/mol. The minimum Gasteiger partial charge on any atom is -0.0985 e. The van der Waals surface area contributed by atoms with Gasteiger partial charge in [0.05, 0.1) is 0 Å². The van der Waals surface area contributed by atoms with Gasteiger partial charge in [-0.05, 0) is 24.0 Å². The van der Waals surface area contributed by atoms with Crippen molar-refractivity contribution in [2.45, 2.75) is 90.4 Å². The monoisotopic (exact) mass is 300 g/mol. The summed E-state index contributed by atoms with van der Waals surface area (Å²) in [6, 6.07) is 8.66. The third-order valence-corrected chi connectivity index (χ3v) is 4.57. The normalized spacial score (nSPS) is 10.8. The van der Waals surface area contributed by atoms with E-state index in [0.29, 0.717) is 0 Å². The second-order valence-corrected chi connectivity index (χ2v) is 6.54. The van der Waals surface area contributed by atoms with Crippen molar-refractivity contribution in [1.29, 1.82) is 0 Å². The number of benzene rings is 1. The minimum absolute atomic E-state index is 1.21. The fourth-order valence-electron chi connectivity index (χ4n) is 3.12. The van der Waals surface area contributed by atoms with E-state index in [1.165, 1.54) is 94.6 Å². The van der Waals surface area contributed by atoms with Crippen LogP contribution in [-0.2, 0) is 6.42 Å². The Balaban J connectivity index is 1.90. The van der Waals surface area contributed by atoms with Gasteiger partial charge in [0.2, 0.25) is 0 Å². The summed E-state index contributed by atoms with van der Waals surface area (Å²) in [5, 5.41) is 0. The molecule has 22 heavy (non-hydrogen) atoms. The van der Waals surface area contributed by atoms with E-state index in [1.807, 2.05) is 6.08 Å². The van der Waals surface area contributed by atoms with Crippen LogP contribution in [0.1, 0.15) is 95.1 Å². The van der Waals surface area contributed by atoms with Gasteiger partial charge in [-0.25, -0.2) is 0 Å². The molecule has 0 nitrogen and oxygen atoms in total. The highest BCUT2D eigenvalue weighted by Gasteiger charge is 1.98. The van der Waals surface area contributed by atoms with Crippen LogP contribution in [0.25, 0.3) is 6.08 Å². The molecule has 0 bridgehead atoms. The summed E-state index contributed by atoms with van der Waals surface area (Å²) < 4.78 is 0. The molecule has 0 saturated heterocycles. The van der Waals surface area contributed by atoms with E-state index >= 15 is 0 Å². The van der Waals surface area contributed by atoms with Crippen LogP contribution in [0.5, 0.6) is 0 Å². The standard InChI is InChI=1S/C22H36/c1-3-5-6-7-8-9-10-11-12-13-14-15-19-22-20-17-16-18-21(22)4-2/h4,16-18,20H,2-3,5-15,19H2,1H3. The summed E-state index contributed by atoms with van der Waals surface area (Å²) in [4.78, 5) is 0. The molecule has 0 heterocycles. The van der Waals surface area contributed by atoms with Crippen LogP contribution in [0.15, 0.2) is 30.8 Å². The maximum atomic E-state index is 3.90. The van der Waals surface area contributed by atoms with Gasteiger partial charge in [-0.1, -0.05) is 114 Å². The first kappa shape index (κ1) is 19.0. The Labute approximate surface area is 139 Å². The Hall–Kier alpha value is -1.04. The largest absolute Gasteiger partial charge is 0.0985 e. The molecule has 1 rings (SSSR count). The quantitative estimate of drug-likeness (QED) is 0.311. The highest BCUT2D eigenvalue weighted by Crippen LogP contribution is 2.16. The van der Waals surface area contributed by atoms with E-state index in [1.54, 1.807) is 0 Å². The fraction of sp³-hybridized carbons (Fsp3) is 0.636. The van der Waals surface area contributed by atoms with Gasteiger partial charge in [-0.3, -0.25) is 0 Å². The van der Waals surface area contributed by atoms with Gasteiger partial charge in [0.15, 0.2) is 0 Å². The van der Waals surface area contributed by atoms with Gasteiger partial charge in [0.25, 0.3) is 0 Å². The molecule has 0 aliphatic rings. The highest BCUT2D eigenvalue weighted by molar-refractivity contribution is 5.51. The molecule has 0 aliphatic heterocycles. The maximum absolute atomic E-state index is 3.90. The Morgan fingerprint density at radius 2 is 1.23 bits per heavy atom. The SMILES string of the molecule is C=Cc1ccccc1CCCCCCCCCCCCCC. The summed E-state index contributed by atoms with van der Waals surface area (Å²) in [5.74, 6) is 0. The summed E-state index contributed by atoms with van der Waals surface area (Å²) in [5.41, 5.74) is 2.77. The van der Waals surface area contributed by atoms with Crippen molar-refractivity contribution in [3.8, 4) is 0 Å². The van der Waals surface area contributed by atoms with Crippen LogP contribution in [0.4, 0.5) is 0 Å². The van der Waals surface area contributed by atoms with Crippen LogP contribution in [-0.4, -0.2) is 0 Å². The Kier molecular flexibility index (Phi) is 11.8. The molecule has 124 valence electrons. The van der Waals surface area contributed by atoms with E-state index in [4.69, 9.17) is 0 Å². The van der Waals surface area contributed by atoms with Gasteiger partial charge >= 0.3 is 0 Å².